The summed E-state index contributed by atoms with van der Waals surface area (Å²) in [5.41, 5.74) is 4.09. The summed E-state index contributed by atoms with van der Waals surface area (Å²) in [6.07, 6.45) is 5.12. The Kier molecular flexibility index (Phi) is 4.60. The average Bonchev–Trinajstić information content (AvgIpc) is 2.84. The van der Waals surface area contributed by atoms with Gasteiger partial charge in [-0.3, -0.25) is 9.88 Å². The van der Waals surface area contributed by atoms with Crippen LogP contribution in [0.5, 0.6) is 0 Å². The number of nitrogens with zero attached hydrogens (tertiary/aromatic N) is 2. The number of pyridine rings is 1. The maximum atomic E-state index is 4.31. The van der Waals surface area contributed by atoms with Crippen molar-refractivity contribution in [1.29, 1.82) is 0 Å². The van der Waals surface area contributed by atoms with Gasteiger partial charge in [0, 0.05) is 36.7 Å². The minimum absolute atomic E-state index is 0.309. The lowest BCUT2D eigenvalue weighted by molar-refractivity contribution is 0.242. The first-order chi connectivity index (χ1) is 11.8. The van der Waals surface area contributed by atoms with Crippen molar-refractivity contribution in [1.82, 2.24) is 15.2 Å². The zero-order valence-corrected chi connectivity index (χ0v) is 14.9. The first-order valence-corrected chi connectivity index (χ1v) is 9.54. The molecule has 1 N–H and O–H groups in total. The Labute approximate surface area is 147 Å². The molecule has 0 amide bonds. The van der Waals surface area contributed by atoms with E-state index in [1.807, 2.05) is 23.7 Å². The van der Waals surface area contributed by atoms with Gasteiger partial charge < -0.3 is 5.32 Å². The molecule has 1 aromatic carbocycles. The maximum absolute atomic E-state index is 4.31. The molecule has 124 valence electrons. The Morgan fingerprint density at radius 3 is 2.96 bits per heavy atom. The highest BCUT2D eigenvalue weighted by Gasteiger charge is 2.26. The second kappa shape index (κ2) is 7.01. The fourth-order valence-electron chi connectivity index (χ4n) is 3.69. The molecule has 1 unspecified atom stereocenters. The molecule has 3 heterocycles. The highest BCUT2D eigenvalue weighted by molar-refractivity contribution is 7.17. The summed E-state index contributed by atoms with van der Waals surface area (Å²) in [4.78, 5) is 6.94. The van der Waals surface area contributed by atoms with Crippen LogP contribution < -0.4 is 5.32 Å². The van der Waals surface area contributed by atoms with Crippen molar-refractivity contribution in [3.63, 3.8) is 0 Å². The van der Waals surface area contributed by atoms with Gasteiger partial charge in [0.2, 0.25) is 0 Å². The first kappa shape index (κ1) is 15.8. The normalized spacial score (nSPS) is 17.7. The standard InChI is InChI=1S/C20H23N3S/c1-15-13-22-9-7-16(15)20(23-11-4-8-21-10-12-23)18-14-24-19-6-3-2-5-17(18)19/h2-3,5-7,9,13-14,20-21H,4,8,10-12H2,1H3. The van der Waals surface area contributed by atoms with E-state index in [0.717, 1.165) is 26.2 Å². The quantitative estimate of drug-likeness (QED) is 0.783. The van der Waals surface area contributed by atoms with Gasteiger partial charge in [0.15, 0.2) is 0 Å². The Morgan fingerprint density at radius 2 is 2.04 bits per heavy atom. The lowest BCUT2D eigenvalue weighted by Crippen LogP contribution is -2.33. The fraction of sp³-hybridized carbons (Fsp3) is 0.350. The molecule has 0 bridgehead atoms. The third-order valence-corrected chi connectivity index (χ3v) is 5.89. The number of nitrogens with one attached hydrogen (secondary N) is 1. The van der Waals surface area contributed by atoms with Crippen molar-refractivity contribution in [2.24, 2.45) is 0 Å². The van der Waals surface area contributed by atoms with Crippen LogP contribution in [-0.2, 0) is 0 Å². The molecule has 2 aromatic heterocycles. The van der Waals surface area contributed by atoms with Crippen LogP contribution in [0.25, 0.3) is 10.1 Å². The van der Waals surface area contributed by atoms with Crippen LogP contribution in [0.3, 0.4) is 0 Å². The molecule has 4 rings (SSSR count). The molecule has 1 fully saturated rings. The summed E-state index contributed by atoms with van der Waals surface area (Å²) >= 11 is 1.85. The number of aromatic nitrogens is 1. The summed E-state index contributed by atoms with van der Waals surface area (Å²) in [6.45, 7) is 6.56. The number of fused-ring (bicyclic) bond motifs is 1. The second-order valence-electron chi connectivity index (χ2n) is 6.46. The highest BCUT2D eigenvalue weighted by atomic mass is 32.1. The molecular weight excluding hydrogens is 314 g/mol. The van der Waals surface area contributed by atoms with Crippen molar-refractivity contribution >= 4 is 21.4 Å². The topological polar surface area (TPSA) is 28.2 Å². The van der Waals surface area contributed by atoms with E-state index < -0.39 is 0 Å². The molecule has 0 spiro atoms. The SMILES string of the molecule is Cc1cnccc1C(c1csc2ccccc12)N1CCCNCC1. The minimum Gasteiger partial charge on any atom is -0.315 e. The molecule has 1 saturated heterocycles. The van der Waals surface area contributed by atoms with Gasteiger partial charge in [-0.2, -0.15) is 0 Å². The summed E-state index contributed by atoms with van der Waals surface area (Å²) < 4.78 is 1.37. The Morgan fingerprint density at radius 1 is 1.12 bits per heavy atom. The molecule has 0 aliphatic carbocycles. The van der Waals surface area contributed by atoms with Crippen molar-refractivity contribution in [2.75, 3.05) is 26.2 Å². The van der Waals surface area contributed by atoms with Gasteiger partial charge in [0.05, 0.1) is 6.04 Å². The van der Waals surface area contributed by atoms with Gasteiger partial charge in [-0.05, 0) is 59.5 Å². The van der Waals surface area contributed by atoms with E-state index >= 15 is 0 Å². The highest BCUT2D eigenvalue weighted by Crippen LogP contribution is 2.38. The van der Waals surface area contributed by atoms with E-state index in [9.17, 15) is 0 Å². The number of hydrogen-bond acceptors (Lipinski definition) is 4. The molecule has 4 heteroatoms. The van der Waals surface area contributed by atoms with Crippen LogP contribution in [-0.4, -0.2) is 36.1 Å². The van der Waals surface area contributed by atoms with E-state index in [-0.39, 0.29) is 0 Å². The third kappa shape index (κ3) is 2.97. The predicted octanol–water partition coefficient (Wildman–Crippen LogP) is 3.99. The van der Waals surface area contributed by atoms with Crippen molar-refractivity contribution in [3.05, 3.63) is 64.8 Å². The molecule has 1 aliphatic rings. The number of aryl methyl sites for hydroxylation is 1. The van der Waals surface area contributed by atoms with Gasteiger partial charge in [0.1, 0.15) is 0 Å². The molecule has 1 aliphatic heterocycles. The summed E-state index contributed by atoms with van der Waals surface area (Å²) in [5, 5.41) is 7.27. The van der Waals surface area contributed by atoms with E-state index in [0.29, 0.717) is 6.04 Å². The van der Waals surface area contributed by atoms with Crippen LogP contribution in [0.2, 0.25) is 0 Å². The van der Waals surface area contributed by atoms with E-state index in [4.69, 9.17) is 0 Å². The third-order valence-electron chi connectivity index (χ3n) is 4.90. The van der Waals surface area contributed by atoms with E-state index in [2.05, 4.69) is 57.8 Å². The summed E-state index contributed by atoms with van der Waals surface area (Å²) in [5.74, 6) is 0. The van der Waals surface area contributed by atoms with Gasteiger partial charge >= 0.3 is 0 Å². The maximum Gasteiger partial charge on any atom is 0.0620 e. The largest absolute Gasteiger partial charge is 0.315 e. The number of hydrogen-bond donors (Lipinski definition) is 1. The van der Waals surface area contributed by atoms with Crippen LogP contribution in [0.1, 0.15) is 29.2 Å². The van der Waals surface area contributed by atoms with Gasteiger partial charge in [-0.1, -0.05) is 18.2 Å². The molecule has 1 atom stereocenters. The Balaban J connectivity index is 1.85. The average molecular weight is 337 g/mol. The van der Waals surface area contributed by atoms with Crippen LogP contribution in [0, 0.1) is 6.92 Å². The molecular formula is C20H23N3S. The van der Waals surface area contributed by atoms with Gasteiger partial charge in [-0.25, -0.2) is 0 Å². The smallest absolute Gasteiger partial charge is 0.0620 e. The molecule has 0 saturated carbocycles. The number of rotatable bonds is 3. The van der Waals surface area contributed by atoms with E-state index in [1.54, 1.807) is 0 Å². The summed E-state index contributed by atoms with van der Waals surface area (Å²) in [6, 6.07) is 11.3. The van der Waals surface area contributed by atoms with Crippen molar-refractivity contribution in [2.45, 2.75) is 19.4 Å². The lowest BCUT2D eigenvalue weighted by atomic mass is 9.94. The fourth-order valence-corrected chi connectivity index (χ4v) is 4.67. The Hall–Kier alpha value is -1.75. The first-order valence-electron chi connectivity index (χ1n) is 8.66. The molecule has 3 aromatic rings. The summed E-state index contributed by atoms with van der Waals surface area (Å²) in [7, 11) is 0. The molecule has 0 radical (unpaired) electrons. The molecule has 24 heavy (non-hydrogen) atoms. The second-order valence-corrected chi connectivity index (χ2v) is 7.37. The van der Waals surface area contributed by atoms with Gasteiger partial charge in [0.25, 0.3) is 0 Å². The van der Waals surface area contributed by atoms with Crippen LogP contribution in [0.4, 0.5) is 0 Å². The lowest BCUT2D eigenvalue weighted by Gasteiger charge is -2.32. The zero-order valence-electron chi connectivity index (χ0n) is 14.0. The number of thiophene rings is 1. The van der Waals surface area contributed by atoms with Crippen molar-refractivity contribution in [3.8, 4) is 0 Å². The minimum atomic E-state index is 0.309. The van der Waals surface area contributed by atoms with Gasteiger partial charge in [-0.15, -0.1) is 11.3 Å². The monoisotopic (exact) mass is 337 g/mol. The van der Waals surface area contributed by atoms with E-state index in [1.165, 1.54) is 33.2 Å². The van der Waals surface area contributed by atoms with Crippen LogP contribution >= 0.6 is 11.3 Å². The zero-order chi connectivity index (χ0) is 16.4. The molecule has 3 nitrogen and oxygen atoms in total. The van der Waals surface area contributed by atoms with Crippen LogP contribution in [0.15, 0.2) is 48.1 Å². The van der Waals surface area contributed by atoms with Crippen molar-refractivity contribution < 1.29 is 0 Å². The Bertz CT molecular complexity index is 818. The predicted molar refractivity (Wildman–Crippen MR) is 102 cm³/mol. The number of benzene rings is 1.